The maximum Gasteiger partial charge on any atom is 0.261 e. The minimum Gasteiger partial charge on any atom is -0.394 e. The molecule has 0 aromatic rings. The van der Waals surface area contributed by atoms with Gasteiger partial charge in [0.25, 0.3) is 6.43 Å². The lowest BCUT2D eigenvalue weighted by molar-refractivity contribution is -0.123. The fraction of sp³-hybridized carbons (Fsp3) is 0.889. The van der Waals surface area contributed by atoms with Crippen LogP contribution >= 0.6 is 0 Å². The average Bonchev–Trinajstić information content (AvgIpc) is 2.20. The van der Waals surface area contributed by atoms with E-state index in [4.69, 9.17) is 5.11 Å². The van der Waals surface area contributed by atoms with Crippen molar-refractivity contribution in [1.82, 2.24) is 5.32 Å². The quantitative estimate of drug-likeness (QED) is 0.593. The summed E-state index contributed by atoms with van der Waals surface area (Å²) in [5.41, 5.74) is 0. The molecule has 0 fully saturated rings. The van der Waals surface area contributed by atoms with Crippen LogP contribution in [0.4, 0.5) is 8.78 Å². The molecule has 0 aromatic heterocycles. The number of hydrogen-bond donors (Lipinski definition) is 2. The smallest absolute Gasteiger partial charge is 0.261 e. The van der Waals surface area contributed by atoms with Crippen LogP contribution in [-0.4, -0.2) is 43.3 Å². The lowest BCUT2D eigenvalue weighted by Crippen LogP contribution is -2.37. The second-order valence-corrected chi connectivity index (χ2v) is 3.07. The number of alkyl halides is 2. The van der Waals surface area contributed by atoms with Crippen molar-refractivity contribution in [2.75, 3.05) is 19.8 Å². The monoisotopic (exact) mass is 225 g/mol. The summed E-state index contributed by atoms with van der Waals surface area (Å²) in [6.45, 7) is 1.02. The zero-order chi connectivity index (χ0) is 11.7. The molecule has 90 valence electrons. The van der Waals surface area contributed by atoms with Gasteiger partial charge in [-0.3, -0.25) is 4.79 Å². The molecule has 1 unspecified atom stereocenters. The lowest BCUT2D eigenvalue weighted by atomic mass is 10.2. The van der Waals surface area contributed by atoms with E-state index in [2.05, 4.69) is 10.1 Å². The maximum atomic E-state index is 11.6. The summed E-state index contributed by atoms with van der Waals surface area (Å²) in [7, 11) is 0. The van der Waals surface area contributed by atoms with Crippen LogP contribution in [0.1, 0.15) is 19.8 Å². The molecule has 15 heavy (non-hydrogen) atoms. The first-order valence-corrected chi connectivity index (χ1v) is 4.86. The molecule has 0 aliphatic carbocycles. The van der Waals surface area contributed by atoms with Crippen LogP contribution < -0.4 is 5.32 Å². The Morgan fingerprint density at radius 1 is 1.53 bits per heavy atom. The van der Waals surface area contributed by atoms with Crippen molar-refractivity contribution in [2.45, 2.75) is 32.2 Å². The molecule has 2 N–H and O–H groups in total. The summed E-state index contributed by atoms with van der Waals surface area (Å²) >= 11 is 0. The molecule has 1 amide bonds. The Morgan fingerprint density at radius 3 is 2.67 bits per heavy atom. The Labute approximate surface area is 87.6 Å². The first kappa shape index (κ1) is 14.2. The van der Waals surface area contributed by atoms with Crippen LogP contribution in [0.5, 0.6) is 0 Å². The van der Waals surface area contributed by atoms with Gasteiger partial charge in [0, 0.05) is 6.42 Å². The third kappa shape index (κ3) is 8.26. The topological polar surface area (TPSA) is 58.6 Å². The van der Waals surface area contributed by atoms with Gasteiger partial charge in [0.1, 0.15) is 6.61 Å². The number of carbonyl (C=O) groups excluding carboxylic acids is 1. The van der Waals surface area contributed by atoms with Gasteiger partial charge in [0.2, 0.25) is 5.91 Å². The standard InChI is InChI=1S/C9H17F2NO3/c1-2-7(5-13)12-9(14)3-4-15-6-8(10)11/h7-8,13H,2-6H2,1H3,(H,12,14). The number of amides is 1. The van der Waals surface area contributed by atoms with Gasteiger partial charge in [-0.15, -0.1) is 0 Å². The molecule has 0 radical (unpaired) electrons. The van der Waals surface area contributed by atoms with Crippen LogP contribution in [0.3, 0.4) is 0 Å². The molecular formula is C9H17F2NO3. The van der Waals surface area contributed by atoms with Crippen LogP contribution in [-0.2, 0) is 9.53 Å². The van der Waals surface area contributed by atoms with E-state index in [0.29, 0.717) is 6.42 Å². The van der Waals surface area contributed by atoms with Crippen molar-refractivity contribution < 1.29 is 23.4 Å². The van der Waals surface area contributed by atoms with Gasteiger partial charge in [-0.2, -0.15) is 0 Å². The highest BCUT2D eigenvalue weighted by molar-refractivity contribution is 5.76. The highest BCUT2D eigenvalue weighted by Crippen LogP contribution is 1.95. The predicted octanol–water partition coefficient (Wildman–Crippen LogP) is 0.545. The van der Waals surface area contributed by atoms with Crippen LogP contribution in [0.25, 0.3) is 0 Å². The van der Waals surface area contributed by atoms with Gasteiger partial charge in [-0.25, -0.2) is 8.78 Å². The molecule has 0 saturated heterocycles. The molecule has 0 spiro atoms. The fourth-order valence-corrected chi connectivity index (χ4v) is 0.914. The minimum absolute atomic E-state index is 0.0297. The zero-order valence-corrected chi connectivity index (χ0v) is 8.71. The average molecular weight is 225 g/mol. The molecule has 0 aromatic carbocycles. The van der Waals surface area contributed by atoms with E-state index in [0.717, 1.165) is 0 Å². The summed E-state index contributed by atoms with van der Waals surface area (Å²) in [6.07, 6.45) is -1.85. The molecule has 0 saturated carbocycles. The van der Waals surface area contributed by atoms with Gasteiger partial charge in [0.05, 0.1) is 19.3 Å². The minimum atomic E-state index is -2.51. The number of carbonyl (C=O) groups is 1. The predicted molar refractivity (Wildman–Crippen MR) is 50.7 cm³/mol. The first-order valence-electron chi connectivity index (χ1n) is 4.86. The second kappa shape index (κ2) is 8.55. The van der Waals surface area contributed by atoms with E-state index in [9.17, 15) is 13.6 Å². The van der Waals surface area contributed by atoms with Gasteiger partial charge in [-0.05, 0) is 6.42 Å². The zero-order valence-electron chi connectivity index (χ0n) is 8.71. The van der Waals surface area contributed by atoms with E-state index in [1.807, 2.05) is 6.92 Å². The molecule has 0 rings (SSSR count). The van der Waals surface area contributed by atoms with Crippen LogP contribution in [0.2, 0.25) is 0 Å². The molecule has 0 heterocycles. The number of aliphatic hydroxyl groups is 1. The van der Waals surface area contributed by atoms with Crippen molar-refractivity contribution in [3.05, 3.63) is 0 Å². The Morgan fingerprint density at radius 2 is 2.20 bits per heavy atom. The molecule has 0 aliphatic rings. The number of nitrogens with one attached hydrogen (secondary N) is 1. The van der Waals surface area contributed by atoms with Crippen molar-refractivity contribution in [2.24, 2.45) is 0 Å². The molecule has 4 nitrogen and oxygen atoms in total. The third-order valence-electron chi connectivity index (χ3n) is 1.80. The van der Waals surface area contributed by atoms with Gasteiger partial charge >= 0.3 is 0 Å². The molecule has 0 bridgehead atoms. The van der Waals surface area contributed by atoms with Crippen LogP contribution in [0.15, 0.2) is 0 Å². The number of ether oxygens (including phenoxy) is 1. The maximum absolute atomic E-state index is 11.6. The number of rotatable bonds is 8. The molecular weight excluding hydrogens is 208 g/mol. The summed E-state index contributed by atoms with van der Waals surface area (Å²) in [4.78, 5) is 11.1. The van der Waals surface area contributed by atoms with E-state index in [1.165, 1.54) is 0 Å². The molecule has 1 atom stereocenters. The Balaban J connectivity index is 3.48. The van der Waals surface area contributed by atoms with Crippen molar-refractivity contribution in [3.63, 3.8) is 0 Å². The largest absolute Gasteiger partial charge is 0.394 e. The highest BCUT2D eigenvalue weighted by atomic mass is 19.3. The second-order valence-electron chi connectivity index (χ2n) is 3.07. The summed E-state index contributed by atoms with van der Waals surface area (Å²) in [5.74, 6) is -0.301. The van der Waals surface area contributed by atoms with Gasteiger partial charge in [-0.1, -0.05) is 6.92 Å². The van der Waals surface area contributed by atoms with Gasteiger partial charge in [0.15, 0.2) is 0 Å². The lowest BCUT2D eigenvalue weighted by Gasteiger charge is -2.13. The summed E-state index contributed by atoms with van der Waals surface area (Å²) in [6, 6.07) is -0.271. The first-order chi connectivity index (χ1) is 7.10. The summed E-state index contributed by atoms with van der Waals surface area (Å²) in [5, 5.41) is 11.3. The molecule has 6 heteroatoms. The van der Waals surface area contributed by atoms with E-state index >= 15 is 0 Å². The van der Waals surface area contributed by atoms with E-state index in [-0.39, 0.29) is 31.6 Å². The normalized spacial score (nSPS) is 12.9. The number of halogens is 2. The Kier molecular flexibility index (Phi) is 8.12. The van der Waals surface area contributed by atoms with Crippen LogP contribution in [0, 0.1) is 0 Å². The Hall–Kier alpha value is -0.750. The number of aliphatic hydroxyl groups excluding tert-OH is 1. The van der Waals surface area contributed by atoms with Crippen molar-refractivity contribution in [1.29, 1.82) is 0 Å². The van der Waals surface area contributed by atoms with Crippen molar-refractivity contribution >= 4 is 5.91 Å². The van der Waals surface area contributed by atoms with Crippen molar-refractivity contribution in [3.8, 4) is 0 Å². The number of hydrogen-bond acceptors (Lipinski definition) is 3. The molecule has 0 aliphatic heterocycles. The summed E-state index contributed by atoms with van der Waals surface area (Å²) < 4.78 is 27.8. The fourth-order valence-electron chi connectivity index (χ4n) is 0.914. The van der Waals surface area contributed by atoms with Gasteiger partial charge < -0.3 is 15.2 Å². The van der Waals surface area contributed by atoms with E-state index < -0.39 is 13.0 Å². The SMILES string of the molecule is CCC(CO)NC(=O)CCOCC(F)F. The highest BCUT2D eigenvalue weighted by Gasteiger charge is 2.09. The van der Waals surface area contributed by atoms with E-state index in [1.54, 1.807) is 0 Å². The third-order valence-corrected chi connectivity index (χ3v) is 1.80. The Bertz CT molecular complexity index is 175.